The average molecular weight is 292 g/mol. The quantitative estimate of drug-likeness (QED) is 0.840. The first-order chi connectivity index (χ1) is 9.93. The minimum Gasteiger partial charge on any atom is -0.492 e. The molecule has 0 heterocycles. The number of ether oxygens (including phenoxy) is 1. The summed E-state index contributed by atoms with van der Waals surface area (Å²) in [6, 6.07) is 7.26. The van der Waals surface area contributed by atoms with E-state index in [-0.39, 0.29) is 18.4 Å². The van der Waals surface area contributed by atoms with Crippen LogP contribution in [0.2, 0.25) is 0 Å². The first-order valence-corrected chi connectivity index (χ1v) is 7.21. The SMILES string of the molecule is CCOc1ccccc1NC(=O)CN(CC(C)C)C(C)=O. The number of carbonyl (C=O) groups excluding carboxylic acids is 2. The Bertz CT molecular complexity index is 486. The van der Waals surface area contributed by atoms with Crippen LogP contribution >= 0.6 is 0 Å². The topological polar surface area (TPSA) is 58.6 Å². The number of para-hydroxylation sites is 2. The Labute approximate surface area is 126 Å². The predicted molar refractivity (Wildman–Crippen MR) is 83.3 cm³/mol. The highest BCUT2D eigenvalue weighted by atomic mass is 16.5. The summed E-state index contributed by atoms with van der Waals surface area (Å²) in [7, 11) is 0. The van der Waals surface area contributed by atoms with E-state index in [1.807, 2.05) is 32.9 Å². The van der Waals surface area contributed by atoms with Crippen molar-refractivity contribution < 1.29 is 14.3 Å². The van der Waals surface area contributed by atoms with Crippen molar-refractivity contribution >= 4 is 17.5 Å². The van der Waals surface area contributed by atoms with Crippen LogP contribution in [0, 0.1) is 5.92 Å². The third kappa shape index (κ3) is 5.85. The smallest absolute Gasteiger partial charge is 0.244 e. The van der Waals surface area contributed by atoms with Crippen molar-refractivity contribution in [2.24, 2.45) is 5.92 Å². The van der Waals surface area contributed by atoms with Gasteiger partial charge in [-0.2, -0.15) is 0 Å². The fourth-order valence-electron chi connectivity index (χ4n) is 1.96. The molecular formula is C16H24N2O3. The van der Waals surface area contributed by atoms with Crippen LogP contribution in [0.1, 0.15) is 27.7 Å². The monoisotopic (exact) mass is 292 g/mol. The first-order valence-electron chi connectivity index (χ1n) is 7.21. The van der Waals surface area contributed by atoms with Gasteiger partial charge in [-0.1, -0.05) is 26.0 Å². The summed E-state index contributed by atoms with van der Waals surface area (Å²) in [6.45, 7) is 8.53. The maximum atomic E-state index is 12.1. The van der Waals surface area contributed by atoms with E-state index in [4.69, 9.17) is 4.74 Å². The number of nitrogens with zero attached hydrogens (tertiary/aromatic N) is 1. The van der Waals surface area contributed by atoms with E-state index in [0.717, 1.165) is 0 Å². The van der Waals surface area contributed by atoms with E-state index in [9.17, 15) is 9.59 Å². The second kappa shape index (κ2) is 8.29. The summed E-state index contributed by atoms with van der Waals surface area (Å²) in [5, 5.41) is 2.80. The lowest BCUT2D eigenvalue weighted by Gasteiger charge is -2.22. The second-order valence-electron chi connectivity index (χ2n) is 5.27. The van der Waals surface area contributed by atoms with Gasteiger partial charge in [0.1, 0.15) is 5.75 Å². The highest BCUT2D eigenvalue weighted by molar-refractivity contribution is 5.95. The van der Waals surface area contributed by atoms with Gasteiger partial charge in [0.05, 0.1) is 18.8 Å². The van der Waals surface area contributed by atoms with E-state index in [0.29, 0.717) is 30.5 Å². The van der Waals surface area contributed by atoms with Gasteiger partial charge in [0.15, 0.2) is 0 Å². The highest BCUT2D eigenvalue weighted by Gasteiger charge is 2.16. The van der Waals surface area contributed by atoms with E-state index in [2.05, 4.69) is 5.32 Å². The van der Waals surface area contributed by atoms with Crippen molar-refractivity contribution in [3.63, 3.8) is 0 Å². The van der Waals surface area contributed by atoms with Crippen molar-refractivity contribution in [1.29, 1.82) is 0 Å². The van der Waals surface area contributed by atoms with Gasteiger partial charge < -0.3 is 15.0 Å². The molecule has 1 aromatic carbocycles. The number of amides is 2. The molecule has 5 heteroatoms. The summed E-state index contributed by atoms with van der Waals surface area (Å²) in [6.07, 6.45) is 0. The molecule has 0 atom stereocenters. The number of hydrogen-bond acceptors (Lipinski definition) is 3. The number of carbonyl (C=O) groups is 2. The summed E-state index contributed by atoms with van der Waals surface area (Å²) in [5.41, 5.74) is 0.623. The molecule has 0 unspecified atom stereocenters. The average Bonchev–Trinajstić information content (AvgIpc) is 2.40. The summed E-state index contributed by atoms with van der Waals surface area (Å²) < 4.78 is 5.46. The molecule has 1 rings (SSSR count). The molecule has 1 N–H and O–H groups in total. The molecule has 5 nitrogen and oxygen atoms in total. The largest absolute Gasteiger partial charge is 0.492 e. The third-order valence-electron chi connectivity index (χ3n) is 2.83. The summed E-state index contributed by atoms with van der Waals surface area (Å²) in [4.78, 5) is 25.2. The van der Waals surface area contributed by atoms with Gasteiger partial charge in [0.25, 0.3) is 0 Å². The van der Waals surface area contributed by atoms with Gasteiger partial charge in [-0.3, -0.25) is 9.59 Å². The Kier molecular flexibility index (Phi) is 6.72. The zero-order valence-corrected chi connectivity index (χ0v) is 13.2. The van der Waals surface area contributed by atoms with Crippen LogP contribution in [0.25, 0.3) is 0 Å². The molecule has 0 fully saturated rings. The maximum absolute atomic E-state index is 12.1. The summed E-state index contributed by atoms with van der Waals surface area (Å²) >= 11 is 0. The van der Waals surface area contributed by atoms with Crippen LogP contribution in [-0.4, -0.2) is 36.4 Å². The fraction of sp³-hybridized carbons (Fsp3) is 0.500. The van der Waals surface area contributed by atoms with Gasteiger partial charge in [0, 0.05) is 13.5 Å². The van der Waals surface area contributed by atoms with E-state index >= 15 is 0 Å². The van der Waals surface area contributed by atoms with Crippen molar-refractivity contribution in [2.75, 3.05) is 25.0 Å². The van der Waals surface area contributed by atoms with Crippen LogP contribution in [0.15, 0.2) is 24.3 Å². The number of benzene rings is 1. The zero-order chi connectivity index (χ0) is 15.8. The number of nitrogens with one attached hydrogen (secondary N) is 1. The molecule has 0 bridgehead atoms. The first kappa shape index (κ1) is 17.0. The predicted octanol–water partition coefficient (Wildman–Crippen LogP) is 2.53. The molecule has 0 aliphatic carbocycles. The standard InChI is InChI=1S/C16H24N2O3/c1-5-21-15-9-7-6-8-14(15)17-16(20)11-18(13(4)19)10-12(2)3/h6-9,12H,5,10-11H2,1-4H3,(H,17,20). The molecule has 116 valence electrons. The summed E-state index contributed by atoms with van der Waals surface area (Å²) in [5.74, 6) is 0.624. The number of rotatable bonds is 7. The molecule has 0 saturated heterocycles. The molecule has 0 radical (unpaired) electrons. The maximum Gasteiger partial charge on any atom is 0.244 e. The molecule has 2 amide bonds. The second-order valence-corrected chi connectivity index (χ2v) is 5.27. The van der Waals surface area contributed by atoms with Crippen molar-refractivity contribution in [3.8, 4) is 5.75 Å². The Morgan fingerprint density at radius 1 is 1.29 bits per heavy atom. The van der Waals surface area contributed by atoms with Crippen LogP contribution < -0.4 is 10.1 Å². The third-order valence-corrected chi connectivity index (χ3v) is 2.83. The van der Waals surface area contributed by atoms with E-state index in [1.54, 1.807) is 17.0 Å². The van der Waals surface area contributed by atoms with Gasteiger partial charge in [-0.25, -0.2) is 0 Å². The highest BCUT2D eigenvalue weighted by Crippen LogP contribution is 2.23. The molecule has 0 saturated carbocycles. The van der Waals surface area contributed by atoms with Crippen LogP contribution in [0.5, 0.6) is 5.75 Å². The lowest BCUT2D eigenvalue weighted by molar-refractivity contribution is -0.133. The molecule has 0 aliphatic heterocycles. The lowest BCUT2D eigenvalue weighted by atomic mass is 10.2. The lowest BCUT2D eigenvalue weighted by Crippen LogP contribution is -2.38. The molecule has 0 aromatic heterocycles. The molecule has 21 heavy (non-hydrogen) atoms. The molecular weight excluding hydrogens is 268 g/mol. The molecule has 0 aliphatic rings. The minimum absolute atomic E-state index is 0.0496. The Morgan fingerprint density at radius 2 is 1.95 bits per heavy atom. The van der Waals surface area contributed by atoms with Gasteiger partial charge >= 0.3 is 0 Å². The Morgan fingerprint density at radius 3 is 2.52 bits per heavy atom. The molecule has 1 aromatic rings. The number of hydrogen-bond donors (Lipinski definition) is 1. The van der Waals surface area contributed by atoms with Crippen molar-refractivity contribution in [1.82, 2.24) is 4.90 Å². The van der Waals surface area contributed by atoms with E-state index < -0.39 is 0 Å². The van der Waals surface area contributed by atoms with Crippen LogP contribution in [-0.2, 0) is 9.59 Å². The normalized spacial score (nSPS) is 10.3. The minimum atomic E-state index is -0.224. The van der Waals surface area contributed by atoms with E-state index in [1.165, 1.54) is 6.92 Å². The van der Waals surface area contributed by atoms with Gasteiger partial charge in [-0.05, 0) is 25.0 Å². The van der Waals surface area contributed by atoms with Crippen molar-refractivity contribution in [3.05, 3.63) is 24.3 Å². The Balaban J connectivity index is 2.70. The van der Waals surface area contributed by atoms with Crippen LogP contribution in [0.3, 0.4) is 0 Å². The van der Waals surface area contributed by atoms with Gasteiger partial charge in [0.2, 0.25) is 11.8 Å². The van der Waals surface area contributed by atoms with Crippen molar-refractivity contribution in [2.45, 2.75) is 27.7 Å². The van der Waals surface area contributed by atoms with Crippen LogP contribution in [0.4, 0.5) is 5.69 Å². The molecule has 0 spiro atoms. The fourth-order valence-corrected chi connectivity index (χ4v) is 1.96. The Hall–Kier alpha value is -2.04. The number of anilines is 1. The van der Waals surface area contributed by atoms with Gasteiger partial charge in [-0.15, -0.1) is 0 Å². The zero-order valence-electron chi connectivity index (χ0n) is 13.2.